The molecule has 0 unspecified atom stereocenters. The van der Waals surface area contributed by atoms with Crippen LogP contribution in [0, 0.1) is 0 Å². The number of hydrogen-bond donors (Lipinski definition) is 1. The number of pyridine rings is 1. The monoisotopic (exact) mass is 397 g/mol. The Bertz CT molecular complexity index is 898. The molecule has 1 aromatic carbocycles. The maximum Gasteiger partial charge on any atom is 0.272 e. The molecule has 0 saturated carbocycles. The van der Waals surface area contributed by atoms with Crippen molar-refractivity contribution in [1.82, 2.24) is 15.2 Å². The minimum absolute atomic E-state index is 0.185. The molecule has 0 aliphatic carbocycles. The number of nitrogens with zero attached hydrogens (tertiary/aromatic N) is 2. The summed E-state index contributed by atoms with van der Waals surface area (Å²) >= 11 is 0. The van der Waals surface area contributed by atoms with Crippen molar-refractivity contribution in [3.8, 4) is 11.5 Å². The second kappa shape index (κ2) is 9.41. The van der Waals surface area contributed by atoms with E-state index in [0.717, 1.165) is 30.4 Å². The molecule has 154 valence electrons. The number of benzene rings is 1. The van der Waals surface area contributed by atoms with Crippen LogP contribution in [0.5, 0.6) is 11.5 Å². The molecule has 3 rings (SSSR count). The number of carbonyl (C=O) groups excluding carboxylic acids is 2. The number of rotatable bonds is 7. The van der Waals surface area contributed by atoms with Crippen molar-refractivity contribution in [3.63, 3.8) is 0 Å². The maximum absolute atomic E-state index is 13.0. The number of nitrogens with one attached hydrogen (secondary N) is 1. The minimum atomic E-state index is -0.186. The molecule has 1 N–H and O–H groups in total. The van der Waals surface area contributed by atoms with Crippen LogP contribution in [0.1, 0.15) is 51.7 Å². The molecule has 29 heavy (non-hydrogen) atoms. The second-order valence-corrected chi connectivity index (χ2v) is 6.99. The number of fused-ring (bicyclic) bond motifs is 1. The third-order valence-corrected chi connectivity index (χ3v) is 5.06. The number of hydrogen-bond acceptors (Lipinski definition) is 5. The number of methoxy groups -OCH3 is 2. The molecule has 2 aromatic rings. The molecule has 0 fully saturated rings. The number of aromatic nitrogens is 1. The predicted octanol–water partition coefficient (Wildman–Crippen LogP) is 2.83. The topological polar surface area (TPSA) is 80.8 Å². The lowest BCUT2D eigenvalue weighted by Gasteiger charge is -2.29. The summed E-state index contributed by atoms with van der Waals surface area (Å²) in [7, 11) is 3.21. The van der Waals surface area contributed by atoms with Gasteiger partial charge < -0.3 is 19.7 Å². The van der Waals surface area contributed by atoms with Gasteiger partial charge in [0.2, 0.25) is 0 Å². The first-order chi connectivity index (χ1) is 14.1. The Kier molecular flexibility index (Phi) is 6.69. The van der Waals surface area contributed by atoms with Crippen molar-refractivity contribution in [1.29, 1.82) is 0 Å². The molecular formula is C22H27N3O4. The summed E-state index contributed by atoms with van der Waals surface area (Å²) in [5.41, 5.74) is 2.89. The molecule has 7 nitrogen and oxygen atoms in total. The van der Waals surface area contributed by atoms with Crippen LogP contribution in [-0.2, 0) is 13.0 Å². The number of unbranched alkanes of at least 4 members (excludes halogenated alkanes) is 1. The minimum Gasteiger partial charge on any atom is -0.493 e. The first-order valence-corrected chi connectivity index (χ1v) is 9.84. The van der Waals surface area contributed by atoms with E-state index in [-0.39, 0.29) is 17.5 Å². The van der Waals surface area contributed by atoms with Crippen molar-refractivity contribution in [3.05, 3.63) is 52.8 Å². The summed E-state index contributed by atoms with van der Waals surface area (Å²) < 4.78 is 10.7. The lowest BCUT2D eigenvalue weighted by atomic mass is 9.98. The van der Waals surface area contributed by atoms with Gasteiger partial charge in [0.15, 0.2) is 11.5 Å². The largest absolute Gasteiger partial charge is 0.493 e. The van der Waals surface area contributed by atoms with Crippen LogP contribution in [0.4, 0.5) is 0 Å². The molecule has 0 bridgehead atoms. The zero-order chi connectivity index (χ0) is 20.8. The highest BCUT2D eigenvalue weighted by Crippen LogP contribution is 2.33. The van der Waals surface area contributed by atoms with E-state index in [9.17, 15) is 9.59 Å². The highest BCUT2D eigenvalue weighted by molar-refractivity contribution is 5.98. The summed E-state index contributed by atoms with van der Waals surface area (Å²) in [5.74, 6) is 0.961. The number of ether oxygens (including phenoxy) is 2. The van der Waals surface area contributed by atoms with Crippen LogP contribution in [0.15, 0.2) is 30.5 Å². The van der Waals surface area contributed by atoms with Crippen LogP contribution in [0.2, 0.25) is 0 Å². The first kappa shape index (κ1) is 20.6. The van der Waals surface area contributed by atoms with Gasteiger partial charge in [0.1, 0.15) is 5.69 Å². The van der Waals surface area contributed by atoms with Gasteiger partial charge in [0.05, 0.1) is 14.2 Å². The smallest absolute Gasteiger partial charge is 0.272 e. The van der Waals surface area contributed by atoms with Gasteiger partial charge in [0.25, 0.3) is 11.8 Å². The van der Waals surface area contributed by atoms with Gasteiger partial charge in [-0.2, -0.15) is 0 Å². The Morgan fingerprint density at radius 2 is 1.86 bits per heavy atom. The first-order valence-electron chi connectivity index (χ1n) is 9.84. The lowest BCUT2D eigenvalue weighted by Crippen LogP contribution is -2.36. The average Bonchev–Trinajstić information content (AvgIpc) is 2.77. The van der Waals surface area contributed by atoms with E-state index in [2.05, 4.69) is 17.2 Å². The Balaban J connectivity index is 1.75. The molecule has 0 spiro atoms. The third kappa shape index (κ3) is 4.67. The highest BCUT2D eigenvalue weighted by atomic mass is 16.5. The van der Waals surface area contributed by atoms with E-state index in [1.807, 2.05) is 12.1 Å². The Morgan fingerprint density at radius 1 is 1.14 bits per heavy atom. The molecule has 2 amide bonds. The molecule has 2 heterocycles. The van der Waals surface area contributed by atoms with Crippen molar-refractivity contribution in [2.45, 2.75) is 32.7 Å². The van der Waals surface area contributed by atoms with Crippen LogP contribution >= 0.6 is 0 Å². The van der Waals surface area contributed by atoms with Crippen molar-refractivity contribution < 1.29 is 19.1 Å². The quantitative estimate of drug-likeness (QED) is 0.727. The summed E-state index contributed by atoms with van der Waals surface area (Å²) in [6.07, 6.45) is 4.16. The second-order valence-electron chi connectivity index (χ2n) is 6.99. The standard InChI is InChI=1S/C22H27N3O4/c1-4-5-8-24-21(26)16-6-9-23-18(11-16)22(27)25-10-7-15-12-19(28-2)20(29-3)13-17(15)14-25/h6,9,11-13H,4-5,7-8,10,14H2,1-3H3,(H,24,26). The molecular weight excluding hydrogens is 370 g/mol. The van der Waals surface area contributed by atoms with Gasteiger partial charge in [-0.1, -0.05) is 13.3 Å². The summed E-state index contributed by atoms with van der Waals surface area (Å²) in [6.45, 7) is 3.73. The van der Waals surface area contributed by atoms with E-state index in [4.69, 9.17) is 9.47 Å². The SMILES string of the molecule is CCCCNC(=O)c1ccnc(C(=O)N2CCc3cc(OC)c(OC)cc3C2)c1. The van der Waals surface area contributed by atoms with Crippen LogP contribution in [0.25, 0.3) is 0 Å². The van der Waals surface area contributed by atoms with Crippen molar-refractivity contribution >= 4 is 11.8 Å². The predicted molar refractivity (Wildman–Crippen MR) is 109 cm³/mol. The average molecular weight is 397 g/mol. The Hall–Kier alpha value is -3.09. The normalized spacial score (nSPS) is 12.9. The van der Waals surface area contributed by atoms with Gasteiger partial charge in [-0.3, -0.25) is 14.6 Å². The fourth-order valence-corrected chi connectivity index (χ4v) is 3.39. The fraction of sp³-hybridized carbons (Fsp3) is 0.409. The van der Waals surface area contributed by atoms with Crippen molar-refractivity contribution in [2.75, 3.05) is 27.3 Å². The molecule has 0 saturated heterocycles. The van der Waals surface area contributed by atoms with E-state index >= 15 is 0 Å². The summed E-state index contributed by atoms with van der Waals surface area (Å²) in [4.78, 5) is 31.2. The Labute approximate surface area is 171 Å². The summed E-state index contributed by atoms with van der Waals surface area (Å²) in [6, 6.07) is 7.07. The molecule has 1 aliphatic heterocycles. The number of carbonyl (C=O) groups is 2. The highest BCUT2D eigenvalue weighted by Gasteiger charge is 2.25. The molecule has 0 atom stereocenters. The van der Waals surface area contributed by atoms with Gasteiger partial charge >= 0.3 is 0 Å². The molecule has 1 aliphatic rings. The van der Waals surface area contributed by atoms with E-state index < -0.39 is 0 Å². The van der Waals surface area contributed by atoms with E-state index in [1.54, 1.807) is 31.3 Å². The zero-order valence-electron chi connectivity index (χ0n) is 17.2. The summed E-state index contributed by atoms with van der Waals surface area (Å²) in [5, 5.41) is 2.86. The van der Waals surface area contributed by atoms with Gasteiger partial charge in [-0.15, -0.1) is 0 Å². The number of amides is 2. The molecule has 1 aromatic heterocycles. The van der Waals surface area contributed by atoms with E-state index in [0.29, 0.717) is 36.7 Å². The lowest BCUT2D eigenvalue weighted by molar-refractivity contribution is 0.0728. The van der Waals surface area contributed by atoms with Crippen LogP contribution in [-0.4, -0.2) is 49.0 Å². The van der Waals surface area contributed by atoms with Gasteiger partial charge in [-0.25, -0.2) is 0 Å². The molecule has 7 heteroatoms. The fourth-order valence-electron chi connectivity index (χ4n) is 3.39. The zero-order valence-corrected chi connectivity index (χ0v) is 17.2. The van der Waals surface area contributed by atoms with Gasteiger partial charge in [0, 0.05) is 31.4 Å². The Morgan fingerprint density at radius 3 is 2.55 bits per heavy atom. The van der Waals surface area contributed by atoms with Crippen molar-refractivity contribution in [2.24, 2.45) is 0 Å². The van der Waals surface area contributed by atoms with E-state index in [1.165, 1.54) is 6.20 Å². The third-order valence-electron chi connectivity index (χ3n) is 5.06. The molecule has 0 radical (unpaired) electrons. The van der Waals surface area contributed by atoms with Gasteiger partial charge in [-0.05, 0) is 48.2 Å². The van der Waals surface area contributed by atoms with Crippen LogP contribution < -0.4 is 14.8 Å². The maximum atomic E-state index is 13.0. The van der Waals surface area contributed by atoms with Crippen LogP contribution in [0.3, 0.4) is 0 Å².